The van der Waals surface area contributed by atoms with Gasteiger partial charge in [-0.25, -0.2) is 0 Å². The number of hydrogen-bond acceptors (Lipinski definition) is 2. The second-order valence-electron chi connectivity index (χ2n) is 3.24. The third-order valence-corrected chi connectivity index (χ3v) is 2.40. The van der Waals surface area contributed by atoms with Crippen LogP contribution in [0.25, 0.3) is 0 Å². The molecular formula is C10H14N2. The van der Waals surface area contributed by atoms with Crippen molar-refractivity contribution in [3.63, 3.8) is 0 Å². The first-order valence-corrected chi connectivity index (χ1v) is 4.44. The summed E-state index contributed by atoms with van der Waals surface area (Å²) < 4.78 is 0. The summed E-state index contributed by atoms with van der Waals surface area (Å²) in [6.07, 6.45) is 13.0. The van der Waals surface area contributed by atoms with E-state index in [4.69, 9.17) is 0 Å². The zero-order chi connectivity index (χ0) is 8.23. The maximum Gasteiger partial charge on any atom is 0.0169 e. The molecule has 1 aliphatic heterocycles. The SMILES string of the molecule is C1=CC=CC2CNNCC2C=C1. The van der Waals surface area contributed by atoms with Gasteiger partial charge in [0, 0.05) is 13.1 Å². The van der Waals surface area contributed by atoms with E-state index < -0.39 is 0 Å². The molecule has 2 N–H and O–H groups in total. The molecule has 0 aromatic heterocycles. The molecule has 1 fully saturated rings. The molecule has 2 atom stereocenters. The van der Waals surface area contributed by atoms with Gasteiger partial charge in [-0.05, 0) is 11.8 Å². The van der Waals surface area contributed by atoms with Gasteiger partial charge < -0.3 is 0 Å². The molecule has 1 aliphatic carbocycles. The lowest BCUT2D eigenvalue weighted by Crippen LogP contribution is -2.47. The van der Waals surface area contributed by atoms with Crippen molar-refractivity contribution in [2.75, 3.05) is 13.1 Å². The number of hydrazine groups is 1. The van der Waals surface area contributed by atoms with Crippen LogP contribution in [-0.2, 0) is 0 Å². The van der Waals surface area contributed by atoms with Crippen molar-refractivity contribution in [1.29, 1.82) is 0 Å². The Kier molecular flexibility index (Phi) is 2.39. The first kappa shape index (κ1) is 7.77. The van der Waals surface area contributed by atoms with Crippen LogP contribution in [0.5, 0.6) is 0 Å². The Morgan fingerprint density at radius 1 is 0.750 bits per heavy atom. The van der Waals surface area contributed by atoms with E-state index in [9.17, 15) is 0 Å². The lowest BCUT2D eigenvalue weighted by Gasteiger charge is -2.28. The molecule has 12 heavy (non-hydrogen) atoms. The van der Waals surface area contributed by atoms with Crippen molar-refractivity contribution >= 4 is 0 Å². The van der Waals surface area contributed by atoms with Crippen LogP contribution < -0.4 is 10.9 Å². The highest BCUT2D eigenvalue weighted by atomic mass is 15.4. The molecule has 0 spiro atoms. The van der Waals surface area contributed by atoms with E-state index >= 15 is 0 Å². The van der Waals surface area contributed by atoms with Gasteiger partial charge in [0.15, 0.2) is 0 Å². The van der Waals surface area contributed by atoms with Crippen molar-refractivity contribution < 1.29 is 0 Å². The van der Waals surface area contributed by atoms with Gasteiger partial charge in [-0.3, -0.25) is 10.9 Å². The fourth-order valence-electron chi connectivity index (χ4n) is 1.65. The number of nitrogens with one attached hydrogen (secondary N) is 2. The molecule has 2 unspecified atom stereocenters. The van der Waals surface area contributed by atoms with Gasteiger partial charge in [0.05, 0.1) is 0 Å². The Balaban J connectivity index is 2.15. The van der Waals surface area contributed by atoms with Crippen molar-refractivity contribution in [2.45, 2.75) is 0 Å². The van der Waals surface area contributed by atoms with E-state index in [1.54, 1.807) is 0 Å². The maximum absolute atomic E-state index is 3.17. The van der Waals surface area contributed by atoms with Gasteiger partial charge in [0.2, 0.25) is 0 Å². The Bertz CT molecular complexity index is 204. The van der Waals surface area contributed by atoms with E-state index in [0.717, 1.165) is 13.1 Å². The summed E-state index contributed by atoms with van der Waals surface area (Å²) >= 11 is 0. The second-order valence-corrected chi connectivity index (χ2v) is 3.24. The fraction of sp³-hybridized carbons (Fsp3) is 0.400. The van der Waals surface area contributed by atoms with Crippen molar-refractivity contribution in [2.24, 2.45) is 11.8 Å². The molecule has 0 amide bonds. The third-order valence-electron chi connectivity index (χ3n) is 2.40. The first-order chi connectivity index (χ1) is 5.97. The van der Waals surface area contributed by atoms with Crippen LogP contribution in [0.3, 0.4) is 0 Å². The van der Waals surface area contributed by atoms with E-state index in [0.29, 0.717) is 11.8 Å². The third kappa shape index (κ3) is 1.65. The number of hydrogen-bond donors (Lipinski definition) is 2. The largest absolute Gasteiger partial charge is 0.257 e. The summed E-state index contributed by atoms with van der Waals surface area (Å²) in [6, 6.07) is 0. The standard InChI is InChI=1S/C10H14N2/c1-2-4-6-10-8-12-11-7-9(10)5-3-1/h1-6,9-12H,7-8H2. The average molecular weight is 162 g/mol. The molecule has 64 valence electrons. The van der Waals surface area contributed by atoms with Crippen LogP contribution in [0, 0.1) is 11.8 Å². The fourth-order valence-corrected chi connectivity index (χ4v) is 1.65. The predicted octanol–water partition coefficient (Wildman–Crippen LogP) is 1.01. The lowest BCUT2D eigenvalue weighted by molar-refractivity contribution is 0.317. The summed E-state index contributed by atoms with van der Waals surface area (Å²) in [6.45, 7) is 2.05. The van der Waals surface area contributed by atoms with E-state index in [1.165, 1.54) is 0 Å². The minimum absolute atomic E-state index is 0.646. The highest BCUT2D eigenvalue weighted by Crippen LogP contribution is 2.17. The van der Waals surface area contributed by atoms with Gasteiger partial charge in [-0.2, -0.15) is 0 Å². The highest BCUT2D eigenvalue weighted by Gasteiger charge is 2.19. The Hall–Kier alpha value is -0.860. The Morgan fingerprint density at radius 2 is 1.25 bits per heavy atom. The summed E-state index contributed by atoms with van der Waals surface area (Å²) in [5.41, 5.74) is 6.35. The first-order valence-electron chi connectivity index (χ1n) is 4.44. The van der Waals surface area contributed by atoms with Crippen LogP contribution in [0.4, 0.5) is 0 Å². The van der Waals surface area contributed by atoms with E-state index in [-0.39, 0.29) is 0 Å². The molecule has 0 bridgehead atoms. The normalized spacial score (nSPS) is 34.0. The van der Waals surface area contributed by atoms with Gasteiger partial charge in [0.1, 0.15) is 0 Å². The van der Waals surface area contributed by atoms with Crippen molar-refractivity contribution in [3.05, 3.63) is 36.5 Å². The molecule has 2 nitrogen and oxygen atoms in total. The van der Waals surface area contributed by atoms with Gasteiger partial charge in [0.25, 0.3) is 0 Å². The molecule has 0 saturated carbocycles. The maximum atomic E-state index is 3.17. The monoisotopic (exact) mass is 162 g/mol. The van der Waals surface area contributed by atoms with Gasteiger partial charge >= 0.3 is 0 Å². The molecule has 0 aromatic rings. The molecule has 0 aromatic carbocycles. The minimum Gasteiger partial charge on any atom is -0.257 e. The lowest BCUT2D eigenvalue weighted by atomic mass is 9.89. The van der Waals surface area contributed by atoms with Crippen LogP contribution in [0.1, 0.15) is 0 Å². The number of allylic oxidation sites excluding steroid dienone is 4. The average Bonchev–Trinajstić information content (AvgIpc) is 2.06. The Labute approximate surface area is 73.0 Å². The molecule has 1 saturated heterocycles. The van der Waals surface area contributed by atoms with Crippen molar-refractivity contribution in [3.8, 4) is 0 Å². The Morgan fingerprint density at radius 3 is 1.75 bits per heavy atom. The molecular weight excluding hydrogens is 148 g/mol. The van der Waals surface area contributed by atoms with Crippen LogP contribution in [-0.4, -0.2) is 13.1 Å². The van der Waals surface area contributed by atoms with Crippen LogP contribution in [0.15, 0.2) is 36.5 Å². The van der Waals surface area contributed by atoms with E-state index in [1.807, 2.05) is 0 Å². The van der Waals surface area contributed by atoms with Crippen molar-refractivity contribution in [1.82, 2.24) is 10.9 Å². The summed E-state index contributed by atoms with van der Waals surface area (Å²) in [5, 5.41) is 0. The van der Waals surface area contributed by atoms with Gasteiger partial charge in [-0.15, -0.1) is 0 Å². The molecule has 2 heteroatoms. The minimum atomic E-state index is 0.646. The summed E-state index contributed by atoms with van der Waals surface area (Å²) in [4.78, 5) is 0. The summed E-state index contributed by atoms with van der Waals surface area (Å²) in [5.74, 6) is 1.29. The topological polar surface area (TPSA) is 24.1 Å². The van der Waals surface area contributed by atoms with Gasteiger partial charge in [-0.1, -0.05) is 36.5 Å². The quantitative estimate of drug-likeness (QED) is 0.555. The number of rotatable bonds is 0. The molecule has 2 aliphatic rings. The zero-order valence-corrected chi connectivity index (χ0v) is 7.03. The van der Waals surface area contributed by atoms with Crippen LogP contribution >= 0.6 is 0 Å². The highest BCUT2D eigenvalue weighted by molar-refractivity contribution is 5.18. The molecule has 2 rings (SSSR count). The zero-order valence-electron chi connectivity index (χ0n) is 7.03. The second kappa shape index (κ2) is 3.70. The molecule has 0 radical (unpaired) electrons. The predicted molar refractivity (Wildman–Crippen MR) is 50.4 cm³/mol. The molecule has 1 heterocycles. The summed E-state index contributed by atoms with van der Waals surface area (Å²) in [7, 11) is 0. The van der Waals surface area contributed by atoms with Crippen LogP contribution in [0.2, 0.25) is 0 Å². The smallest absolute Gasteiger partial charge is 0.0169 e. The number of fused-ring (bicyclic) bond motifs is 1. The van der Waals surface area contributed by atoms with E-state index in [2.05, 4.69) is 47.3 Å².